The van der Waals surface area contributed by atoms with E-state index >= 15 is 0 Å². The first-order valence-electron chi connectivity index (χ1n) is 8.90. The molecule has 27 heavy (non-hydrogen) atoms. The number of hydrogen-bond acceptors (Lipinski definition) is 4. The van der Waals surface area contributed by atoms with Crippen LogP contribution in [-0.2, 0) is 11.2 Å². The minimum Gasteiger partial charge on any atom is -0.493 e. The molecule has 2 aromatic rings. The van der Waals surface area contributed by atoms with E-state index in [1.54, 1.807) is 14.2 Å². The van der Waals surface area contributed by atoms with Gasteiger partial charge in [-0.05, 0) is 71.1 Å². The van der Waals surface area contributed by atoms with E-state index in [1.807, 2.05) is 43.3 Å². The van der Waals surface area contributed by atoms with Crippen molar-refractivity contribution in [3.63, 3.8) is 0 Å². The van der Waals surface area contributed by atoms with Crippen molar-refractivity contribution in [3.05, 3.63) is 52.0 Å². The summed E-state index contributed by atoms with van der Waals surface area (Å²) < 4.78 is 17.2. The SMILES string of the molecule is COc1ccc(CCNC(=O)CCCOc2ccc(C)cc2Br)cc1OC. The van der Waals surface area contributed by atoms with Crippen LogP contribution in [0.25, 0.3) is 0 Å². The highest BCUT2D eigenvalue weighted by atomic mass is 79.9. The van der Waals surface area contributed by atoms with E-state index in [-0.39, 0.29) is 5.91 Å². The Hall–Kier alpha value is -2.21. The Labute approximate surface area is 169 Å². The molecule has 2 rings (SSSR count). The molecular formula is C21H26BrNO4. The molecule has 0 saturated heterocycles. The molecule has 0 saturated carbocycles. The number of amides is 1. The Balaban J connectivity index is 1.66. The van der Waals surface area contributed by atoms with Crippen LogP contribution in [-0.4, -0.2) is 33.3 Å². The predicted octanol–water partition coefficient (Wildman–Crippen LogP) is 4.29. The normalized spacial score (nSPS) is 10.4. The van der Waals surface area contributed by atoms with Crippen molar-refractivity contribution in [2.75, 3.05) is 27.4 Å². The van der Waals surface area contributed by atoms with Crippen LogP contribution in [0.15, 0.2) is 40.9 Å². The van der Waals surface area contributed by atoms with Crippen molar-refractivity contribution < 1.29 is 19.0 Å². The number of carbonyl (C=O) groups excluding carboxylic acids is 1. The number of halogens is 1. The fraction of sp³-hybridized carbons (Fsp3) is 0.381. The summed E-state index contributed by atoms with van der Waals surface area (Å²) in [5.41, 5.74) is 2.25. The quantitative estimate of drug-likeness (QED) is 0.565. The fourth-order valence-electron chi connectivity index (χ4n) is 2.61. The maximum Gasteiger partial charge on any atom is 0.220 e. The smallest absolute Gasteiger partial charge is 0.220 e. The number of ether oxygens (including phenoxy) is 3. The summed E-state index contributed by atoms with van der Waals surface area (Å²) in [6.07, 6.45) is 1.84. The minimum atomic E-state index is 0.0297. The molecule has 0 atom stereocenters. The molecule has 0 spiro atoms. The van der Waals surface area contributed by atoms with Crippen molar-refractivity contribution in [1.29, 1.82) is 0 Å². The first-order valence-corrected chi connectivity index (χ1v) is 9.69. The van der Waals surface area contributed by atoms with Crippen LogP contribution in [0.4, 0.5) is 0 Å². The van der Waals surface area contributed by atoms with Crippen molar-refractivity contribution in [2.24, 2.45) is 0 Å². The summed E-state index contributed by atoms with van der Waals surface area (Å²) in [5, 5.41) is 2.94. The summed E-state index contributed by atoms with van der Waals surface area (Å²) in [7, 11) is 3.22. The molecule has 1 amide bonds. The lowest BCUT2D eigenvalue weighted by Crippen LogP contribution is -2.25. The zero-order valence-electron chi connectivity index (χ0n) is 16.0. The first kappa shape index (κ1) is 21.1. The Morgan fingerprint density at radius 3 is 2.48 bits per heavy atom. The van der Waals surface area contributed by atoms with Crippen LogP contribution in [0.3, 0.4) is 0 Å². The van der Waals surface area contributed by atoms with Gasteiger partial charge in [0.1, 0.15) is 5.75 Å². The molecule has 0 unspecified atom stereocenters. The van der Waals surface area contributed by atoms with E-state index < -0.39 is 0 Å². The molecule has 0 fully saturated rings. The van der Waals surface area contributed by atoms with E-state index in [0.29, 0.717) is 37.5 Å². The number of rotatable bonds is 10. The van der Waals surface area contributed by atoms with Crippen LogP contribution < -0.4 is 19.5 Å². The van der Waals surface area contributed by atoms with Gasteiger partial charge in [0.05, 0.1) is 25.3 Å². The van der Waals surface area contributed by atoms with Crippen molar-refractivity contribution in [1.82, 2.24) is 5.32 Å². The van der Waals surface area contributed by atoms with Crippen molar-refractivity contribution in [3.8, 4) is 17.2 Å². The number of hydrogen-bond donors (Lipinski definition) is 1. The lowest BCUT2D eigenvalue weighted by Gasteiger charge is -2.10. The predicted molar refractivity (Wildman–Crippen MR) is 110 cm³/mol. The number of carbonyl (C=O) groups is 1. The lowest BCUT2D eigenvalue weighted by molar-refractivity contribution is -0.121. The molecule has 146 valence electrons. The second-order valence-corrected chi connectivity index (χ2v) is 7.03. The molecule has 0 heterocycles. The zero-order valence-corrected chi connectivity index (χ0v) is 17.6. The van der Waals surface area contributed by atoms with Crippen LogP contribution in [0.5, 0.6) is 17.2 Å². The molecule has 6 heteroatoms. The topological polar surface area (TPSA) is 56.8 Å². The maximum absolute atomic E-state index is 12.0. The second kappa shape index (κ2) is 10.8. The van der Waals surface area contributed by atoms with Gasteiger partial charge in [-0.15, -0.1) is 0 Å². The van der Waals surface area contributed by atoms with E-state index in [9.17, 15) is 4.79 Å². The van der Waals surface area contributed by atoms with E-state index in [2.05, 4.69) is 21.2 Å². The van der Waals surface area contributed by atoms with Gasteiger partial charge in [-0.2, -0.15) is 0 Å². The highest BCUT2D eigenvalue weighted by Crippen LogP contribution is 2.27. The van der Waals surface area contributed by atoms with Gasteiger partial charge >= 0.3 is 0 Å². The second-order valence-electron chi connectivity index (χ2n) is 6.18. The van der Waals surface area contributed by atoms with Crippen LogP contribution in [0.1, 0.15) is 24.0 Å². The largest absolute Gasteiger partial charge is 0.493 e. The summed E-state index contributed by atoms with van der Waals surface area (Å²) >= 11 is 3.48. The van der Waals surface area contributed by atoms with Crippen LogP contribution in [0, 0.1) is 6.92 Å². The average Bonchev–Trinajstić information content (AvgIpc) is 2.66. The molecule has 0 radical (unpaired) electrons. The van der Waals surface area contributed by atoms with Crippen LogP contribution >= 0.6 is 15.9 Å². The van der Waals surface area contributed by atoms with Gasteiger partial charge in [0.25, 0.3) is 0 Å². The van der Waals surface area contributed by atoms with E-state index in [1.165, 1.54) is 5.56 Å². The average molecular weight is 436 g/mol. The van der Waals surface area contributed by atoms with Gasteiger partial charge < -0.3 is 19.5 Å². The summed E-state index contributed by atoms with van der Waals surface area (Å²) in [5.74, 6) is 2.22. The summed E-state index contributed by atoms with van der Waals surface area (Å²) in [6, 6.07) is 11.7. The highest BCUT2D eigenvalue weighted by molar-refractivity contribution is 9.10. The standard InChI is InChI=1S/C21H26BrNO4/c1-15-6-8-18(17(22)13-15)27-12-4-5-21(24)23-11-10-16-7-9-19(25-2)20(14-16)26-3/h6-9,13-14H,4-5,10-12H2,1-3H3,(H,23,24). The molecule has 0 bridgehead atoms. The van der Waals surface area contributed by atoms with Crippen molar-refractivity contribution in [2.45, 2.75) is 26.2 Å². The molecule has 0 aliphatic rings. The Morgan fingerprint density at radius 1 is 1.04 bits per heavy atom. The van der Waals surface area contributed by atoms with Gasteiger partial charge in [0.15, 0.2) is 11.5 Å². The monoisotopic (exact) mass is 435 g/mol. The highest BCUT2D eigenvalue weighted by Gasteiger charge is 2.06. The van der Waals surface area contributed by atoms with Gasteiger partial charge in [0, 0.05) is 13.0 Å². The molecule has 2 aromatic carbocycles. The molecule has 0 aliphatic carbocycles. The van der Waals surface area contributed by atoms with Crippen molar-refractivity contribution >= 4 is 21.8 Å². The molecule has 5 nitrogen and oxygen atoms in total. The number of aryl methyl sites for hydroxylation is 1. The van der Waals surface area contributed by atoms with E-state index in [4.69, 9.17) is 14.2 Å². The summed E-state index contributed by atoms with van der Waals surface area (Å²) in [4.78, 5) is 12.0. The Bertz CT molecular complexity index is 764. The summed E-state index contributed by atoms with van der Waals surface area (Å²) in [6.45, 7) is 3.12. The molecule has 0 aliphatic heterocycles. The number of nitrogens with one attached hydrogen (secondary N) is 1. The third kappa shape index (κ3) is 6.79. The zero-order chi connectivity index (χ0) is 19.6. The number of methoxy groups -OCH3 is 2. The van der Waals surface area contributed by atoms with Crippen LogP contribution in [0.2, 0.25) is 0 Å². The van der Waals surface area contributed by atoms with E-state index in [0.717, 1.165) is 22.2 Å². The fourth-order valence-corrected chi connectivity index (χ4v) is 3.22. The number of benzene rings is 2. The van der Waals surface area contributed by atoms with Gasteiger partial charge in [0.2, 0.25) is 5.91 Å². The van der Waals surface area contributed by atoms with Gasteiger partial charge in [-0.1, -0.05) is 12.1 Å². The molecule has 0 aromatic heterocycles. The Kier molecular flexibility index (Phi) is 8.45. The third-order valence-corrected chi connectivity index (χ3v) is 4.70. The first-order chi connectivity index (χ1) is 13.0. The molecule has 1 N–H and O–H groups in total. The maximum atomic E-state index is 12.0. The molecular weight excluding hydrogens is 410 g/mol. The lowest BCUT2D eigenvalue weighted by atomic mass is 10.1. The Morgan fingerprint density at radius 2 is 1.78 bits per heavy atom. The van der Waals surface area contributed by atoms with Gasteiger partial charge in [-0.25, -0.2) is 0 Å². The third-order valence-electron chi connectivity index (χ3n) is 4.08. The minimum absolute atomic E-state index is 0.0297. The van der Waals surface area contributed by atoms with Gasteiger partial charge in [-0.3, -0.25) is 4.79 Å².